The predicted molar refractivity (Wildman–Crippen MR) is 122 cm³/mol. The highest BCUT2D eigenvalue weighted by atomic mass is 16.2. The number of aromatic nitrogens is 1. The number of hydrogen-bond donors (Lipinski definition) is 1. The minimum atomic E-state index is -0.329. The predicted octanol–water partition coefficient (Wildman–Crippen LogP) is 5.49. The summed E-state index contributed by atoms with van der Waals surface area (Å²) in [6.07, 6.45) is 1.78. The lowest BCUT2D eigenvalue weighted by Crippen LogP contribution is -2.31. The molecule has 1 heterocycles. The van der Waals surface area contributed by atoms with E-state index >= 15 is 0 Å². The Morgan fingerprint density at radius 2 is 1.48 bits per heavy atom. The fourth-order valence-electron chi connectivity index (χ4n) is 3.69. The monoisotopic (exact) mass is 405 g/mol. The lowest BCUT2D eigenvalue weighted by atomic mass is 9.98. The first-order valence-electron chi connectivity index (χ1n) is 10.2. The summed E-state index contributed by atoms with van der Waals surface area (Å²) in [6.45, 7) is 4.08. The molecular weight excluding hydrogens is 382 g/mol. The number of nitrogens with one attached hydrogen (secondary N) is 1. The minimum Gasteiger partial charge on any atom is -0.340 e. The largest absolute Gasteiger partial charge is 0.340 e. The Morgan fingerprint density at radius 1 is 0.871 bits per heavy atom. The van der Waals surface area contributed by atoms with Gasteiger partial charge in [-0.15, -0.1) is 0 Å². The van der Waals surface area contributed by atoms with Crippen LogP contribution in [0.1, 0.15) is 44.3 Å². The van der Waals surface area contributed by atoms with Gasteiger partial charge in [-0.3, -0.25) is 4.79 Å². The van der Waals surface area contributed by atoms with Gasteiger partial charge in [0.25, 0.3) is 5.91 Å². The number of aryl methyl sites for hydroxylation is 2. The smallest absolute Gasteiger partial charge is 0.270 e. The molecule has 0 saturated heterocycles. The third-order valence-electron chi connectivity index (χ3n) is 5.53. The van der Waals surface area contributed by atoms with Gasteiger partial charge in [0.15, 0.2) is 0 Å². The van der Waals surface area contributed by atoms with Crippen LogP contribution in [0.15, 0.2) is 91.1 Å². The highest BCUT2D eigenvalue weighted by Crippen LogP contribution is 2.24. The van der Waals surface area contributed by atoms with E-state index in [9.17, 15) is 10.1 Å². The first-order valence-corrected chi connectivity index (χ1v) is 10.2. The first-order chi connectivity index (χ1) is 15.1. The number of hydrogen-bond acceptors (Lipinski definition) is 2. The van der Waals surface area contributed by atoms with Gasteiger partial charge in [0.05, 0.1) is 11.6 Å². The van der Waals surface area contributed by atoms with Crippen LogP contribution in [0.4, 0.5) is 0 Å². The van der Waals surface area contributed by atoms with E-state index in [1.807, 2.05) is 92.7 Å². The van der Waals surface area contributed by atoms with E-state index in [-0.39, 0.29) is 11.9 Å². The maximum absolute atomic E-state index is 13.5. The highest BCUT2D eigenvalue weighted by molar-refractivity contribution is 5.96. The molecule has 1 aromatic heterocycles. The van der Waals surface area contributed by atoms with Gasteiger partial charge < -0.3 is 9.88 Å². The Bertz CT molecular complexity index is 1210. The zero-order valence-electron chi connectivity index (χ0n) is 17.5. The van der Waals surface area contributed by atoms with Gasteiger partial charge in [-0.2, -0.15) is 5.26 Å². The van der Waals surface area contributed by atoms with Crippen molar-refractivity contribution < 1.29 is 4.79 Å². The topological polar surface area (TPSA) is 57.8 Å². The minimum absolute atomic E-state index is 0.294. The molecule has 0 fully saturated rings. The molecule has 4 rings (SSSR count). The van der Waals surface area contributed by atoms with Crippen LogP contribution in [-0.4, -0.2) is 10.5 Å². The van der Waals surface area contributed by atoms with Crippen molar-refractivity contribution in [2.45, 2.75) is 19.9 Å². The summed E-state index contributed by atoms with van der Waals surface area (Å²) in [6, 6.07) is 29.2. The maximum atomic E-state index is 13.5. The lowest BCUT2D eigenvalue weighted by Gasteiger charge is -2.21. The van der Waals surface area contributed by atoms with Crippen molar-refractivity contribution >= 4 is 5.91 Å². The molecule has 0 bridgehead atoms. The number of nitriles is 1. The summed E-state index contributed by atoms with van der Waals surface area (Å²) in [5.41, 5.74) is 5.79. The summed E-state index contributed by atoms with van der Waals surface area (Å²) in [4.78, 5) is 13.5. The Morgan fingerprint density at radius 3 is 2.03 bits per heavy atom. The molecule has 31 heavy (non-hydrogen) atoms. The standard InChI is InChI=1S/C27H23N3O/c1-19-13-14-24(17-20(19)2)30-16-15-23(18-28)26(30)27(31)29-25(21-9-5-3-6-10-21)22-11-7-4-8-12-22/h3-17,25H,1-2H3,(H,29,31). The van der Waals surface area contributed by atoms with E-state index in [1.54, 1.807) is 16.8 Å². The van der Waals surface area contributed by atoms with Crippen LogP contribution in [0.2, 0.25) is 0 Å². The Labute approximate surface area is 182 Å². The van der Waals surface area contributed by atoms with E-state index < -0.39 is 0 Å². The van der Waals surface area contributed by atoms with Crippen LogP contribution in [0.3, 0.4) is 0 Å². The van der Waals surface area contributed by atoms with E-state index in [0.717, 1.165) is 22.4 Å². The zero-order chi connectivity index (χ0) is 21.8. The van der Waals surface area contributed by atoms with Crippen molar-refractivity contribution in [1.82, 2.24) is 9.88 Å². The van der Waals surface area contributed by atoms with Gasteiger partial charge in [-0.1, -0.05) is 66.7 Å². The number of carbonyl (C=O) groups is 1. The van der Waals surface area contributed by atoms with Gasteiger partial charge in [-0.25, -0.2) is 0 Å². The molecule has 4 heteroatoms. The van der Waals surface area contributed by atoms with Crippen LogP contribution < -0.4 is 5.32 Å². The van der Waals surface area contributed by atoms with Crippen LogP contribution in [0.25, 0.3) is 5.69 Å². The number of carbonyl (C=O) groups excluding carboxylic acids is 1. The van der Waals surface area contributed by atoms with Crippen molar-refractivity contribution in [1.29, 1.82) is 5.26 Å². The van der Waals surface area contributed by atoms with Gasteiger partial charge >= 0.3 is 0 Å². The molecule has 4 aromatic rings. The fraction of sp³-hybridized carbons (Fsp3) is 0.111. The molecule has 0 radical (unpaired) electrons. The molecule has 1 N–H and O–H groups in total. The van der Waals surface area contributed by atoms with Crippen molar-refractivity contribution in [2.24, 2.45) is 0 Å². The van der Waals surface area contributed by atoms with Crippen molar-refractivity contribution in [3.8, 4) is 11.8 Å². The molecule has 0 atom stereocenters. The molecule has 0 aliphatic carbocycles. The molecule has 0 spiro atoms. The van der Waals surface area contributed by atoms with Crippen LogP contribution in [0.5, 0.6) is 0 Å². The van der Waals surface area contributed by atoms with Crippen molar-refractivity contribution in [2.75, 3.05) is 0 Å². The molecular formula is C27H23N3O. The number of amides is 1. The van der Waals surface area contributed by atoms with Gasteiger partial charge in [0.1, 0.15) is 11.8 Å². The summed E-state index contributed by atoms with van der Waals surface area (Å²) in [5.74, 6) is -0.294. The summed E-state index contributed by atoms with van der Waals surface area (Å²) in [5, 5.41) is 12.8. The number of nitrogens with zero attached hydrogens (tertiary/aromatic N) is 2. The normalized spacial score (nSPS) is 10.6. The van der Waals surface area contributed by atoms with Gasteiger partial charge in [-0.05, 0) is 54.3 Å². The Balaban J connectivity index is 1.76. The van der Waals surface area contributed by atoms with Crippen LogP contribution in [0, 0.1) is 25.2 Å². The van der Waals surface area contributed by atoms with Gasteiger partial charge in [0, 0.05) is 11.9 Å². The highest BCUT2D eigenvalue weighted by Gasteiger charge is 2.23. The molecule has 0 saturated carbocycles. The van der Waals surface area contributed by atoms with E-state index in [0.29, 0.717) is 11.3 Å². The quantitative estimate of drug-likeness (QED) is 0.478. The summed E-state index contributed by atoms with van der Waals surface area (Å²) in [7, 11) is 0. The second-order valence-corrected chi connectivity index (χ2v) is 7.56. The zero-order valence-corrected chi connectivity index (χ0v) is 17.5. The second-order valence-electron chi connectivity index (χ2n) is 7.56. The number of rotatable bonds is 5. The van der Waals surface area contributed by atoms with E-state index in [1.165, 1.54) is 5.56 Å². The third-order valence-corrected chi connectivity index (χ3v) is 5.53. The van der Waals surface area contributed by atoms with E-state index in [2.05, 4.69) is 11.4 Å². The summed E-state index contributed by atoms with van der Waals surface area (Å²) < 4.78 is 1.79. The number of benzene rings is 3. The molecule has 4 nitrogen and oxygen atoms in total. The van der Waals surface area contributed by atoms with E-state index in [4.69, 9.17) is 0 Å². The maximum Gasteiger partial charge on any atom is 0.270 e. The van der Waals surface area contributed by atoms with Crippen LogP contribution >= 0.6 is 0 Å². The fourth-order valence-corrected chi connectivity index (χ4v) is 3.69. The Hall–Kier alpha value is -4.10. The Kier molecular flexibility index (Phi) is 5.68. The molecule has 0 aliphatic rings. The second kappa shape index (κ2) is 8.73. The first kappa shape index (κ1) is 20.2. The van der Waals surface area contributed by atoms with Crippen molar-refractivity contribution in [3.63, 3.8) is 0 Å². The molecule has 1 amide bonds. The van der Waals surface area contributed by atoms with Gasteiger partial charge in [0.2, 0.25) is 0 Å². The average molecular weight is 406 g/mol. The van der Waals surface area contributed by atoms with Crippen molar-refractivity contribution in [3.05, 3.63) is 125 Å². The molecule has 152 valence electrons. The summed E-state index contributed by atoms with van der Waals surface area (Å²) >= 11 is 0. The van der Waals surface area contributed by atoms with Crippen LogP contribution in [-0.2, 0) is 0 Å². The molecule has 0 aliphatic heterocycles. The molecule has 3 aromatic carbocycles. The third kappa shape index (κ3) is 4.12. The lowest BCUT2D eigenvalue weighted by molar-refractivity contribution is 0.0936. The molecule has 0 unspecified atom stereocenters. The average Bonchev–Trinajstić information content (AvgIpc) is 3.24. The SMILES string of the molecule is Cc1ccc(-n2ccc(C#N)c2C(=O)NC(c2ccccc2)c2ccccc2)cc1C.